The van der Waals surface area contributed by atoms with Gasteiger partial charge in [0.25, 0.3) is 0 Å². The minimum absolute atomic E-state index is 0.0313. The molecule has 5 heterocycles. The number of nitrogens with zero attached hydrogens (tertiary/aromatic N) is 4. The number of aromatic nitrogens is 3. The minimum Gasteiger partial charge on any atom is -0.473 e. The Kier molecular flexibility index (Phi) is 5.94. The zero-order valence-corrected chi connectivity index (χ0v) is 19.5. The van der Waals surface area contributed by atoms with E-state index >= 15 is 0 Å². The zero-order valence-electron chi connectivity index (χ0n) is 19.5. The summed E-state index contributed by atoms with van der Waals surface area (Å²) in [5, 5.41) is 0. The standard InChI is InChI=1S/C24H19F5N4O5/c25-14-5-12(6-15(26)21(14)38-13-1-2-30-18(7-13)24(27,28)29)11-37-19-8-20-32-10-17-22(36-4-3-35-17)16(32)9-33(20)23(34)31-19/h1-2,5-8,16-17,22H,3-4,9-11H2/t16-,17?,22?/m0/s1. The summed E-state index contributed by atoms with van der Waals surface area (Å²) < 4.78 is 91.6. The van der Waals surface area contributed by atoms with Gasteiger partial charge in [-0.2, -0.15) is 18.2 Å². The highest BCUT2D eigenvalue weighted by Crippen LogP contribution is 2.37. The van der Waals surface area contributed by atoms with E-state index in [1.54, 1.807) is 6.07 Å². The molecule has 14 heteroatoms. The van der Waals surface area contributed by atoms with Crippen LogP contribution in [-0.2, 0) is 28.8 Å². The van der Waals surface area contributed by atoms with E-state index in [1.165, 1.54) is 4.57 Å². The Balaban J connectivity index is 1.17. The van der Waals surface area contributed by atoms with E-state index in [1.807, 2.05) is 4.90 Å². The molecule has 2 unspecified atom stereocenters. The van der Waals surface area contributed by atoms with Crippen molar-refractivity contribution < 1.29 is 40.9 Å². The van der Waals surface area contributed by atoms with Gasteiger partial charge in [-0.25, -0.2) is 13.6 Å². The molecule has 3 aliphatic heterocycles. The highest BCUT2D eigenvalue weighted by atomic mass is 19.4. The number of ether oxygens (including phenoxy) is 4. The number of rotatable bonds is 5. The summed E-state index contributed by atoms with van der Waals surface area (Å²) in [6, 6.07) is 4.91. The molecule has 2 aromatic heterocycles. The Morgan fingerprint density at radius 3 is 2.58 bits per heavy atom. The van der Waals surface area contributed by atoms with E-state index < -0.39 is 40.7 Å². The van der Waals surface area contributed by atoms with Crippen LogP contribution in [0.4, 0.5) is 27.8 Å². The molecular weight excluding hydrogens is 519 g/mol. The van der Waals surface area contributed by atoms with Gasteiger partial charge < -0.3 is 23.8 Å². The monoisotopic (exact) mass is 538 g/mol. The molecular formula is C24H19F5N4O5. The second kappa shape index (κ2) is 9.20. The number of hydrogen-bond acceptors (Lipinski definition) is 8. The van der Waals surface area contributed by atoms with E-state index in [2.05, 4.69) is 9.97 Å². The average molecular weight is 538 g/mol. The van der Waals surface area contributed by atoms with Crippen molar-refractivity contribution in [3.05, 3.63) is 69.9 Å². The summed E-state index contributed by atoms with van der Waals surface area (Å²) in [6.45, 7) is 1.59. The first-order chi connectivity index (χ1) is 18.2. The molecule has 0 saturated carbocycles. The first-order valence-electron chi connectivity index (χ1n) is 11.6. The second-order valence-corrected chi connectivity index (χ2v) is 8.96. The van der Waals surface area contributed by atoms with Crippen LogP contribution in [0.2, 0.25) is 0 Å². The number of halogens is 5. The van der Waals surface area contributed by atoms with Gasteiger partial charge in [0.05, 0.1) is 25.8 Å². The Morgan fingerprint density at radius 2 is 1.82 bits per heavy atom. The number of benzene rings is 1. The van der Waals surface area contributed by atoms with Crippen molar-refractivity contribution in [2.75, 3.05) is 24.7 Å². The number of fused-ring (bicyclic) bond motifs is 5. The van der Waals surface area contributed by atoms with Crippen molar-refractivity contribution >= 4 is 5.82 Å². The normalized spacial score (nSPS) is 22.1. The summed E-state index contributed by atoms with van der Waals surface area (Å²) in [5.74, 6) is -3.07. The molecule has 200 valence electrons. The van der Waals surface area contributed by atoms with Crippen LogP contribution in [0.1, 0.15) is 11.3 Å². The van der Waals surface area contributed by atoms with Crippen molar-refractivity contribution in [2.45, 2.75) is 37.6 Å². The molecule has 3 aromatic rings. The van der Waals surface area contributed by atoms with E-state index in [0.717, 1.165) is 24.4 Å². The first kappa shape index (κ1) is 24.6. The summed E-state index contributed by atoms with van der Waals surface area (Å²) in [4.78, 5) is 21.7. The fourth-order valence-electron chi connectivity index (χ4n) is 4.92. The van der Waals surface area contributed by atoms with Gasteiger partial charge in [-0.15, -0.1) is 0 Å². The summed E-state index contributed by atoms with van der Waals surface area (Å²) in [5.41, 5.74) is -1.75. The fourth-order valence-corrected chi connectivity index (χ4v) is 4.92. The molecule has 3 atom stereocenters. The predicted molar refractivity (Wildman–Crippen MR) is 119 cm³/mol. The van der Waals surface area contributed by atoms with Crippen LogP contribution in [0.5, 0.6) is 17.4 Å². The zero-order chi connectivity index (χ0) is 26.6. The predicted octanol–water partition coefficient (Wildman–Crippen LogP) is 3.29. The molecule has 2 fully saturated rings. The van der Waals surface area contributed by atoms with Gasteiger partial charge in [0.1, 0.15) is 36.1 Å². The lowest BCUT2D eigenvalue weighted by molar-refractivity contribution is -0.141. The molecule has 0 radical (unpaired) electrons. The van der Waals surface area contributed by atoms with Crippen molar-refractivity contribution in [1.29, 1.82) is 0 Å². The highest BCUT2D eigenvalue weighted by Gasteiger charge is 2.49. The summed E-state index contributed by atoms with van der Waals surface area (Å²) >= 11 is 0. The molecule has 0 spiro atoms. The highest BCUT2D eigenvalue weighted by molar-refractivity contribution is 5.50. The second-order valence-electron chi connectivity index (χ2n) is 8.96. The molecule has 0 bridgehead atoms. The van der Waals surface area contributed by atoms with E-state index in [9.17, 15) is 26.7 Å². The number of pyridine rings is 1. The molecule has 0 amide bonds. The van der Waals surface area contributed by atoms with Crippen LogP contribution >= 0.6 is 0 Å². The summed E-state index contributed by atoms with van der Waals surface area (Å²) in [7, 11) is 0. The lowest BCUT2D eigenvalue weighted by atomic mass is 10.1. The smallest absolute Gasteiger partial charge is 0.433 e. The van der Waals surface area contributed by atoms with Gasteiger partial charge in [0, 0.05) is 24.9 Å². The molecule has 3 aliphatic rings. The Bertz CT molecular complexity index is 1430. The number of alkyl halides is 3. The molecule has 6 rings (SSSR count). The molecule has 38 heavy (non-hydrogen) atoms. The van der Waals surface area contributed by atoms with Crippen LogP contribution in [0, 0.1) is 11.6 Å². The third kappa shape index (κ3) is 4.43. The largest absolute Gasteiger partial charge is 0.473 e. The van der Waals surface area contributed by atoms with E-state index in [0.29, 0.717) is 38.2 Å². The Labute approximate surface area is 211 Å². The molecule has 2 saturated heterocycles. The van der Waals surface area contributed by atoms with Crippen molar-refractivity contribution in [2.24, 2.45) is 0 Å². The number of anilines is 1. The van der Waals surface area contributed by atoms with E-state index in [-0.39, 0.29) is 36.3 Å². The Morgan fingerprint density at radius 1 is 1.05 bits per heavy atom. The SMILES string of the molecule is O=c1nc(OCc2cc(F)c(Oc3ccnc(C(F)(F)F)c3)c(F)c2)cc2n1C[C@H]1C3OCCOC3CN21. The van der Waals surface area contributed by atoms with Crippen LogP contribution in [-0.4, -0.2) is 52.5 Å². The lowest BCUT2D eigenvalue weighted by Gasteiger charge is -2.27. The minimum atomic E-state index is -4.75. The van der Waals surface area contributed by atoms with Crippen LogP contribution in [0.15, 0.2) is 41.3 Å². The van der Waals surface area contributed by atoms with Crippen LogP contribution in [0.3, 0.4) is 0 Å². The van der Waals surface area contributed by atoms with Crippen LogP contribution < -0.4 is 20.1 Å². The maximum absolute atomic E-state index is 14.6. The Hall–Kier alpha value is -3.78. The van der Waals surface area contributed by atoms with Gasteiger partial charge >= 0.3 is 11.9 Å². The van der Waals surface area contributed by atoms with Crippen molar-refractivity contribution in [3.63, 3.8) is 0 Å². The topological polar surface area (TPSA) is 87.9 Å². The average Bonchev–Trinajstić information content (AvgIpc) is 3.42. The van der Waals surface area contributed by atoms with Gasteiger partial charge in [0.2, 0.25) is 5.88 Å². The maximum atomic E-state index is 14.6. The molecule has 9 nitrogen and oxygen atoms in total. The first-order valence-corrected chi connectivity index (χ1v) is 11.6. The summed E-state index contributed by atoms with van der Waals surface area (Å²) in [6.07, 6.45) is -4.19. The van der Waals surface area contributed by atoms with Gasteiger partial charge in [-0.1, -0.05) is 0 Å². The third-order valence-corrected chi connectivity index (χ3v) is 6.56. The molecule has 0 aliphatic carbocycles. The van der Waals surface area contributed by atoms with Crippen molar-refractivity contribution in [1.82, 2.24) is 14.5 Å². The maximum Gasteiger partial charge on any atom is 0.433 e. The van der Waals surface area contributed by atoms with E-state index in [4.69, 9.17) is 18.9 Å². The van der Waals surface area contributed by atoms with Gasteiger partial charge in [-0.05, 0) is 23.8 Å². The third-order valence-electron chi connectivity index (χ3n) is 6.56. The van der Waals surface area contributed by atoms with Gasteiger partial charge in [0.15, 0.2) is 17.4 Å². The molecule has 0 N–H and O–H groups in total. The lowest BCUT2D eigenvalue weighted by Crippen LogP contribution is -2.42. The van der Waals surface area contributed by atoms with Gasteiger partial charge in [-0.3, -0.25) is 9.55 Å². The number of hydrogen-bond donors (Lipinski definition) is 0. The molecule has 1 aromatic carbocycles. The quantitative estimate of drug-likeness (QED) is 0.458. The van der Waals surface area contributed by atoms with Crippen molar-refractivity contribution in [3.8, 4) is 17.4 Å². The fraction of sp³-hybridized carbons (Fsp3) is 0.375. The van der Waals surface area contributed by atoms with Crippen LogP contribution in [0.25, 0.3) is 0 Å².